The molecule has 9 heteroatoms. The van der Waals surface area contributed by atoms with Crippen LogP contribution in [0.1, 0.15) is 22.5 Å². The Labute approximate surface area is 202 Å². The third-order valence-electron chi connectivity index (χ3n) is 5.09. The first-order chi connectivity index (χ1) is 15.8. The fraction of sp³-hybridized carbons (Fsp3) is 0.250. The van der Waals surface area contributed by atoms with Gasteiger partial charge in [-0.1, -0.05) is 47.6 Å². The predicted octanol–water partition coefficient (Wildman–Crippen LogP) is 4.95. The number of rotatable bonds is 9. The summed E-state index contributed by atoms with van der Waals surface area (Å²) in [6, 6.07) is 11.1. The number of hydrogen-bond acceptors (Lipinski definition) is 5. The van der Waals surface area contributed by atoms with Crippen LogP contribution in [0.25, 0.3) is 0 Å². The van der Waals surface area contributed by atoms with Crippen molar-refractivity contribution in [3.63, 3.8) is 0 Å². The maximum absolute atomic E-state index is 12.5. The van der Waals surface area contributed by atoms with Gasteiger partial charge in [0.05, 0.1) is 12.2 Å². The van der Waals surface area contributed by atoms with Crippen LogP contribution in [-0.2, 0) is 22.6 Å². The summed E-state index contributed by atoms with van der Waals surface area (Å²) in [6.07, 6.45) is 1.73. The van der Waals surface area contributed by atoms with E-state index in [2.05, 4.69) is 27.4 Å². The highest BCUT2D eigenvalue weighted by molar-refractivity contribution is 7.99. The first-order valence-corrected chi connectivity index (χ1v) is 11.7. The number of anilines is 2. The van der Waals surface area contributed by atoms with Crippen molar-refractivity contribution in [2.24, 2.45) is 0 Å². The predicted molar refractivity (Wildman–Crippen MR) is 134 cm³/mol. The number of amides is 2. The molecule has 0 aliphatic rings. The second kappa shape index (κ2) is 11.2. The molecule has 0 bridgehead atoms. The molecule has 33 heavy (non-hydrogen) atoms. The molecule has 3 rings (SSSR count). The lowest BCUT2D eigenvalue weighted by Crippen LogP contribution is -2.18. The molecule has 0 aliphatic heterocycles. The van der Waals surface area contributed by atoms with Gasteiger partial charge in [0.15, 0.2) is 5.16 Å². The molecule has 2 N–H and O–H groups in total. The van der Waals surface area contributed by atoms with E-state index in [-0.39, 0.29) is 24.0 Å². The Balaban J connectivity index is 1.64. The molecule has 0 saturated carbocycles. The van der Waals surface area contributed by atoms with Gasteiger partial charge in [-0.2, -0.15) is 0 Å². The minimum absolute atomic E-state index is 0.0293. The summed E-state index contributed by atoms with van der Waals surface area (Å²) in [6.45, 7) is 10.1. The summed E-state index contributed by atoms with van der Waals surface area (Å²) in [5, 5.41) is 15.2. The van der Waals surface area contributed by atoms with Crippen molar-refractivity contribution < 1.29 is 9.59 Å². The summed E-state index contributed by atoms with van der Waals surface area (Å²) < 4.78 is 1.78. The zero-order valence-electron chi connectivity index (χ0n) is 18.8. The number of hydrogen-bond donors (Lipinski definition) is 2. The molecular weight excluding hydrogens is 458 g/mol. The molecule has 0 fully saturated rings. The number of benzene rings is 2. The van der Waals surface area contributed by atoms with Crippen LogP contribution in [0, 0.1) is 20.8 Å². The summed E-state index contributed by atoms with van der Waals surface area (Å²) in [7, 11) is 0. The van der Waals surface area contributed by atoms with E-state index in [0.29, 0.717) is 28.2 Å². The van der Waals surface area contributed by atoms with Crippen molar-refractivity contribution in [1.82, 2.24) is 14.8 Å². The lowest BCUT2D eigenvalue weighted by Gasteiger charge is -2.11. The maximum atomic E-state index is 12.5. The first-order valence-electron chi connectivity index (χ1n) is 10.4. The second-order valence-corrected chi connectivity index (χ2v) is 8.92. The molecule has 0 atom stereocenters. The number of allylic oxidation sites excluding steroid dienone is 1. The molecule has 2 aromatic carbocycles. The van der Waals surface area contributed by atoms with Gasteiger partial charge in [0.25, 0.3) is 0 Å². The van der Waals surface area contributed by atoms with E-state index in [9.17, 15) is 9.59 Å². The normalized spacial score (nSPS) is 10.7. The standard InChI is InChI=1S/C24H26ClN5O2S/c1-5-11-30-21(13-22(31)26-18-10-9-16(3)19(25)12-18)28-29-24(30)33-14-23(32)27-20-8-6-7-15(2)17(20)4/h5-10,12H,1,11,13-14H2,2-4H3,(H,26,31)(H,27,32). The van der Waals surface area contributed by atoms with Gasteiger partial charge in [-0.25, -0.2) is 0 Å². The van der Waals surface area contributed by atoms with Crippen LogP contribution in [0.3, 0.4) is 0 Å². The Bertz CT molecular complexity index is 1190. The molecule has 0 spiro atoms. The molecule has 2 amide bonds. The van der Waals surface area contributed by atoms with Gasteiger partial charge in [-0.05, 0) is 55.7 Å². The van der Waals surface area contributed by atoms with Crippen molar-refractivity contribution in [2.45, 2.75) is 38.9 Å². The minimum Gasteiger partial charge on any atom is -0.326 e. The quantitative estimate of drug-likeness (QED) is 0.332. The Hall–Kier alpha value is -3.10. The third kappa shape index (κ3) is 6.46. The van der Waals surface area contributed by atoms with Crippen molar-refractivity contribution >= 4 is 46.6 Å². The van der Waals surface area contributed by atoms with Gasteiger partial charge in [0.2, 0.25) is 11.8 Å². The minimum atomic E-state index is -0.239. The number of halogens is 1. The molecule has 0 saturated heterocycles. The Morgan fingerprint density at radius 3 is 2.61 bits per heavy atom. The molecule has 172 valence electrons. The maximum Gasteiger partial charge on any atom is 0.234 e. The van der Waals surface area contributed by atoms with E-state index in [0.717, 1.165) is 22.4 Å². The average Bonchev–Trinajstić information content (AvgIpc) is 3.14. The van der Waals surface area contributed by atoms with Crippen LogP contribution in [0.2, 0.25) is 5.02 Å². The number of thioether (sulfide) groups is 1. The van der Waals surface area contributed by atoms with E-state index in [1.54, 1.807) is 22.8 Å². The Kier molecular flexibility index (Phi) is 8.30. The third-order valence-corrected chi connectivity index (χ3v) is 6.46. The monoisotopic (exact) mass is 483 g/mol. The summed E-state index contributed by atoms with van der Waals surface area (Å²) in [4.78, 5) is 25.0. The van der Waals surface area contributed by atoms with Crippen molar-refractivity contribution in [2.75, 3.05) is 16.4 Å². The second-order valence-electron chi connectivity index (χ2n) is 7.57. The summed E-state index contributed by atoms with van der Waals surface area (Å²) in [5.41, 5.74) is 4.49. The highest BCUT2D eigenvalue weighted by Gasteiger charge is 2.17. The van der Waals surface area contributed by atoms with Crippen molar-refractivity contribution in [3.05, 3.63) is 76.6 Å². The van der Waals surface area contributed by atoms with E-state index in [1.807, 2.05) is 45.0 Å². The fourth-order valence-electron chi connectivity index (χ4n) is 3.09. The number of aryl methyl sites for hydroxylation is 2. The smallest absolute Gasteiger partial charge is 0.234 e. The highest BCUT2D eigenvalue weighted by Crippen LogP contribution is 2.22. The molecule has 1 aromatic heterocycles. The molecule has 0 radical (unpaired) electrons. The van der Waals surface area contributed by atoms with Crippen LogP contribution < -0.4 is 10.6 Å². The van der Waals surface area contributed by atoms with Crippen LogP contribution in [0.4, 0.5) is 11.4 Å². The molecule has 1 heterocycles. The number of aromatic nitrogens is 3. The van der Waals surface area contributed by atoms with E-state index in [1.165, 1.54) is 11.8 Å². The molecular formula is C24H26ClN5O2S. The fourth-order valence-corrected chi connectivity index (χ4v) is 4.04. The van der Waals surface area contributed by atoms with Gasteiger partial charge in [0, 0.05) is 22.9 Å². The van der Waals surface area contributed by atoms with Gasteiger partial charge in [-0.15, -0.1) is 16.8 Å². The van der Waals surface area contributed by atoms with Crippen molar-refractivity contribution in [1.29, 1.82) is 0 Å². The highest BCUT2D eigenvalue weighted by atomic mass is 35.5. The zero-order valence-corrected chi connectivity index (χ0v) is 20.4. The van der Waals surface area contributed by atoms with Crippen LogP contribution in [0.5, 0.6) is 0 Å². The van der Waals surface area contributed by atoms with Gasteiger partial charge in [-0.3, -0.25) is 9.59 Å². The number of nitrogens with one attached hydrogen (secondary N) is 2. The largest absolute Gasteiger partial charge is 0.326 e. The molecule has 7 nitrogen and oxygen atoms in total. The lowest BCUT2D eigenvalue weighted by molar-refractivity contribution is -0.116. The SMILES string of the molecule is C=CCn1c(CC(=O)Nc2ccc(C)c(Cl)c2)nnc1SCC(=O)Nc1cccc(C)c1C. The molecule has 3 aromatic rings. The topological polar surface area (TPSA) is 88.9 Å². The molecule has 0 aliphatic carbocycles. The van der Waals surface area contributed by atoms with Gasteiger partial charge < -0.3 is 15.2 Å². The number of carbonyl (C=O) groups excluding carboxylic acids is 2. The van der Waals surface area contributed by atoms with Gasteiger partial charge >= 0.3 is 0 Å². The summed E-state index contributed by atoms with van der Waals surface area (Å²) >= 11 is 7.39. The van der Waals surface area contributed by atoms with Crippen LogP contribution in [0.15, 0.2) is 54.2 Å². The summed E-state index contributed by atoms with van der Waals surface area (Å²) in [5.74, 6) is 0.272. The van der Waals surface area contributed by atoms with E-state index in [4.69, 9.17) is 11.6 Å². The Morgan fingerprint density at radius 1 is 1.09 bits per heavy atom. The number of carbonyl (C=O) groups is 2. The van der Waals surface area contributed by atoms with Crippen LogP contribution in [-0.4, -0.2) is 32.3 Å². The van der Waals surface area contributed by atoms with E-state index < -0.39 is 0 Å². The Morgan fingerprint density at radius 2 is 1.88 bits per heavy atom. The molecule has 0 unspecified atom stereocenters. The van der Waals surface area contributed by atoms with Crippen LogP contribution >= 0.6 is 23.4 Å². The number of nitrogens with zero attached hydrogens (tertiary/aromatic N) is 3. The average molecular weight is 484 g/mol. The van der Waals surface area contributed by atoms with E-state index >= 15 is 0 Å². The van der Waals surface area contributed by atoms with Gasteiger partial charge in [0.1, 0.15) is 5.82 Å². The lowest BCUT2D eigenvalue weighted by atomic mass is 10.1. The first kappa shape index (κ1) is 24.5. The van der Waals surface area contributed by atoms with Crippen molar-refractivity contribution in [3.8, 4) is 0 Å². The zero-order chi connectivity index (χ0) is 24.0.